The quantitative estimate of drug-likeness (QED) is 0.264. The van der Waals surface area contributed by atoms with Crippen molar-refractivity contribution in [2.75, 3.05) is 11.4 Å². The van der Waals surface area contributed by atoms with Crippen molar-refractivity contribution in [1.82, 2.24) is 9.29 Å². The molecule has 0 spiro atoms. The standard InChI is InChI=1S/C26H26ClN3O3S3/c1-2-18-11-12-20-22(16-18)34-26(28-20)29(17-19-8-4-3-5-9-19)25(31)21-10-6-7-15-30(21)36(32,33)24-14-13-23(27)35-24/h3-5,8-9,11-14,16,21H,2,6-7,10,15,17H2,1H3. The van der Waals surface area contributed by atoms with Gasteiger partial charge in [0.05, 0.1) is 21.1 Å². The monoisotopic (exact) mass is 559 g/mol. The molecule has 10 heteroatoms. The topological polar surface area (TPSA) is 70.6 Å². The van der Waals surface area contributed by atoms with E-state index in [-0.39, 0.29) is 10.1 Å². The summed E-state index contributed by atoms with van der Waals surface area (Å²) in [5, 5.41) is 0.578. The molecule has 1 atom stereocenters. The van der Waals surface area contributed by atoms with Gasteiger partial charge >= 0.3 is 0 Å². The van der Waals surface area contributed by atoms with Gasteiger partial charge in [0, 0.05) is 6.54 Å². The number of hydrogen-bond acceptors (Lipinski definition) is 6. The molecule has 2 aromatic carbocycles. The van der Waals surface area contributed by atoms with Crippen molar-refractivity contribution in [2.24, 2.45) is 0 Å². The molecule has 1 aliphatic heterocycles. The summed E-state index contributed by atoms with van der Waals surface area (Å²) in [6, 6.07) is 18.2. The molecule has 1 amide bonds. The fourth-order valence-corrected chi connectivity index (χ4v) is 8.77. The Morgan fingerprint density at radius 2 is 1.89 bits per heavy atom. The van der Waals surface area contributed by atoms with E-state index < -0.39 is 16.1 Å². The highest BCUT2D eigenvalue weighted by Crippen LogP contribution is 2.35. The summed E-state index contributed by atoms with van der Waals surface area (Å²) in [6.07, 6.45) is 2.87. The first-order valence-corrected chi connectivity index (χ1v) is 15.3. The van der Waals surface area contributed by atoms with Gasteiger partial charge < -0.3 is 0 Å². The van der Waals surface area contributed by atoms with Gasteiger partial charge in [-0.15, -0.1) is 11.3 Å². The van der Waals surface area contributed by atoms with Gasteiger partial charge in [0.1, 0.15) is 10.3 Å². The number of piperidine rings is 1. The molecule has 6 nitrogen and oxygen atoms in total. The number of sulfonamides is 1. The Hall–Kier alpha value is -2.30. The van der Waals surface area contributed by atoms with E-state index in [1.807, 2.05) is 36.4 Å². The summed E-state index contributed by atoms with van der Waals surface area (Å²) in [5.74, 6) is -0.250. The number of carbonyl (C=O) groups is 1. The number of rotatable bonds is 7. The Labute approximate surface area is 224 Å². The van der Waals surface area contributed by atoms with Gasteiger partial charge in [0.2, 0.25) is 5.91 Å². The van der Waals surface area contributed by atoms with Crippen LogP contribution in [0.15, 0.2) is 64.9 Å². The minimum atomic E-state index is -3.85. The maximum absolute atomic E-state index is 14.2. The van der Waals surface area contributed by atoms with Crippen molar-refractivity contribution in [2.45, 2.75) is 49.4 Å². The van der Waals surface area contributed by atoms with Crippen LogP contribution in [-0.4, -0.2) is 36.2 Å². The maximum Gasteiger partial charge on any atom is 0.253 e. The van der Waals surface area contributed by atoms with E-state index in [9.17, 15) is 13.2 Å². The second kappa shape index (κ2) is 10.6. The van der Waals surface area contributed by atoms with Gasteiger partial charge in [-0.2, -0.15) is 4.31 Å². The molecule has 0 N–H and O–H groups in total. The van der Waals surface area contributed by atoms with Crippen LogP contribution in [0.2, 0.25) is 4.34 Å². The number of fused-ring (bicyclic) bond motifs is 1. The molecule has 0 aliphatic carbocycles. The summed E-state index contributed by atoms with van der Waals surface area (Å²) in [6.45, 7) is 2.72. The predicted octanol–water partition coefficient (Wildman–Crippen LogP) is 6.35. The highest BCUT2D eigenvalue weighted by Gasteiger charge is 2.41. The number of aromatic nitrogens is 1. The van der Waals surface area contributed by atoms with Crippen LogP contribution in [0.5, 0.6) is 0 Å². The predicted molar refractivity (Wildman–Crippen MR) is 147 cm³/mol. The molecule has 0 bridgehead atoms. The first kappa shape index (κ1) is 25.4. The fourth-order valence-electron chi connectivity index (χ4n) is 4.47. The van der Waals surface area contributed by atoms with Crippen molar-refractivity contribution in [3.63, 3.8) is 0 Å². The average molecular weight is 560 g/mol. The Balaban J connectivity index is 1.54. The lowest BCUT2D eigenvalue weighted by molar-refractivity contribution is -0.123. The van der Waals surface area contributed by atoms with Crippen molar-refractivity contribution in [1.29, 1.82) is 0 Å². The number of carbonyl (C=O) groups excluding carboxylic acids is 1. The molecule has 1 fully saturated rings. The third-order valence-electron chi connectivity index (χ3n) is 6.38. The van der Waals surface area contributed by atoms with Gasteiger partial charge in [0.25, 0.3) is 10.0 Å². The smallest absolute Gasteiger partial charge is 0.253 e. The van der Waals surface area contributed by atoms with E-state index in [0.29, 0.717) is 35.4 Å². The molecule has 1 unspecified atom stereocenters. The second-order valence-electron chi connectivity index (χ2n) is 8.75. The molecule has 0 radical (unpaired) electrons. The van der Waals surface area contributed by atoms with Gasteiger partial charge in [-0.05, 0) is 54.7 Å². The van der Waals surface area contributed by atoms with Crippen LogP contribution >= 0.6 is 34.3 Å². The van der Waals surface area contributed by atoms with Gasteiger partial charge in [-0.3, -0.25) is 9.69 Å². The highest BCUT2D eigenvalue weighted by atomic mass is 35.5. The molecule has 4 aromatic rings. The number of thiophene rings is 1. The molecular weight excluding hydrogens is 534 g/mol. The van der Waals surface area contributed by atoms with Crippen LogP contribution in [0.1, 0.15) is 37.3 Å². The number of hydrogen-bond donors (Lipinski definition) is 0. The number of aryl methyl sites for hydroxylation is 1. The first-order valence-electron chi connectivity index (χ1n) is 11.9. The SMILES string of the molecule is CCc1ccc2nc(N(Cc3ccccc3)C(=O)C3CCCCN3S(=O)(=O)c3ccc(Cl)s3)sc2c1. The lowest BCUT2D eigenvalue weighted by Crippen LogP contribution is -2.52. The Morgan fingerprint density at radius 3 is 2.61 bits per heavy atom. The van der Waals surface area contributed by atoms with E-state index in [1.165, 1.54) is 27.3 Å². The van der Waals surface area contributed by atoms with Gasteiger partial charge in [-0.25, -0.2) is 13.4 Å². The zero-order valence-electron chi connectivity index (χ0n) is 19.8. The Bertz CT molecular complexity index is 1480. The lowest BCUT2D eigenvalue weighted by Gasteiger charge is -2.35. The van der Waals surface area contributed by atoms with Gasteiger partial charge in [-0.1, -0.05) is 72.7 Å². The molecule has 0 saturated carbocycles. The van der Waals surface area contributed by atoms with Crippen LogP contribution in [-0.2, 0) is 27.8 Å². The Morgan fingerprint density at radius 1 is 1.08 bits per heavy atom. The zero-order valence-corrected chi connectivity index (χ0v) is 23.0. The third kappa shape index (κ3) is 5.08. The summed E-state index contributed by atoms with van der Waals surface area (Å²) >= 11 is 8.52. The molecule has 36 heavy (non-hydrogen) atoms. The summed E-state index contributed by atoms with van der Waals surface area (Å²) in [5.41, 5.74) is 2.99. The van der Waals surface area contributed by atoms with Gasteiger partial charge in [0.15, 0.2) is 5.13 Å². The van der Waals surface area contributed by atoms with Crippen LogP contribution in [0, 0.1) is 0 Å². The van der Waals surface area contributed by atoms with Crippen LogP contribution in [0.25, 0.3) is 10.2 Å². The second-order valence-corrected chi connectivity index (χ2v) is 13.6. The van der Waals surface area contributed by atoms with E-state index in [1.54, 1.807) is 11.0 Å². The minimum Gasteiger partial charge on any atom is -0.282 e. The highest BCUT2D eigenvalue weighted by molar-refractivity contribution is 7.91. The number of halogens is 1. The van der Waals surface area contributed by atoms with Crippen molar-refractivity contribution >= 4 is 65.6 Å². The van der Waals surface area contributed by atoms with Crippen molar-refractivity contribution in [3.8, 4) is 0 Å². The first-order chi connectivity index (χ1) is 17.4. The normalized spacial score (nSPS) is 16.9. The number of thiazole rings is 1. The van der Waals surface area contributed by atoms with E-state index >= 15 is 0 Å². The molecule has 1 aliphatic rings. The summed E-state index contributed by atoms with van der Waals surface area (Å²) < 4.78 is 30.0. The third-order valence-corrected chi connectivity index (χ3v) is 11.0. The minimum absolute atomic E-state index is 0.161. The lowest BCUT2D eigenvalue weighted by atomic mass is 10.0. The van der Waals surface area contributed by atoms with Crippen LogP contribution in [0.4, 0.5) is 5.13 Å². The van der Waals surface area contributed by atoms with Crippen molar-refractivity contribution in [3.05, 3.63) is 76.1 Å². The molecule has 2 aromatic heterocycles. The number of anilines is 1. The van der Waals surface area contributed by atoms with E-state index in [2.05, 4.69) is 19.1 Å². The largest absolute Gasteiger partial charge is 0.282 e. The number of amides is 1. The molecular formula is C26H26ClN3O3S3. The maximum atomic E-state index is 14.2. The van der Waals surface area contributed by atoms with E-state index in [4.69, 9.17) is 16.6 Å². The van der Waals surface area contributed by atoms with Crippen molar-refractivity contribution < 1.29 is 13.2 Å². The molecule has 3 heterocycles. The molecule has 1 saturated heterocycles. The fraction of sp³-hybridized carbons (Fsp3) is 0.308. The van der Waals surface area contributed by atoms with Crippen LogP contribution in [0.3, 0.4) is 0 Å². The summed E-state index contributed by atoms with van der Waals surface area (Å²) in [4.78, 5) is 20.6. The summed E-state index contributed by atoms with van der Waals surface area (Å²) in [7, 11) is -3.85. The molecule has 5 rings (SSSR count). The zero-order chi connectivity index (χ0) is 25.3. The van der Waals surface area contributed by atoms with Crippen LogP contribution < -0.4 is 4.90 Å². The molecule has 188 valence electrons. The van der Waals surface area contributed by atoms with E-state index in [0.717, 1.165) is 40.0 Å². The average Bonchev–Trinajstić information content (AvgIpc) is 3.53. The number of benzene rings is 2. The Kier molecular flexibility index (Phi) is 7.46. The number of nitrogens with zero attached hydrogens (tertiary/aromatic N) is 3.